The van der Waals surface area contributed by atoms with E-state index in [0.29, 0.717) is 26.4 Å². The summed E-state index contributed by atoms with van der Waals surface area (Å²) in [6.07, 6.45) is 1.25. The van der Waals surface area contributed by atoms with Gasteiger partial charge in [-0.25, -0.2) is 9.59 Å². The Morgan fingerprint density at radius 3 is 2.25 bits per heavy atom. The Hall–Kier alpha value is -1.97. The highest BCUT2D eigenvalue weighted by molar-refractivity contribution is 5.99. The summed E-state index contributed by atoms with van der Waals surface area (Å²) in [5.74, 6) is -2.64. The van der Waals surface area contributed by atoms with Gasteiger partial charge in [-0.1, -0.05) is 0 Å². The molecule has 1 heterocycles. The van der Waals surface area contributed by atoms with Crippen LogP contribution in [-0.4, -0.2) is 73.7 Å². The molecule has 0 saturated heterocycles. The molecule has 2 N–H and O–H groups in total. The third kappa shape index (κ3) is 11.6. The molecule has 0 spiro atoms. The highest BCUT2D eigenvalue weighted by atomic mass is 16.5. The maximum absolute atomic E-state index is 11.0. The molecule has 24 heavy (non-hydrogen) atoms. The summed E-state index contributed by atoms with van der Waals surface area (Å²) < 4.78 is 19.5. The topological polar surface area (TPSA) is 129 Å². The minimum Gasteiger partial charge on any atom is -0.480 e. The molecule has 9 heteroatoms. The number of ether oxygens (including phenoxy) is 4. The maximum Gasteiger partial charge on any atom is 0.371 e. The fraction of sp³-hybridized carbons (Fsp3) is 0.667. The van der Waals surface area contributed by atoms with Crippen LogP contribution in [0.5, 0.6) is 0 Å². The fourth-order valence-corrected chi connectivity index (χ4v) is 1.61. The third-order valence-corrected chi connectivity index (χ3v) is 2.52. The lowest BCUT2D eigenvalue weighted by Crippen LogP contribution is -2.33. The van der Waals surface area contributed by atoms with E-state index in [1.807, 2.05) is 0 Å². The van der Waals surface area contributed by atoms with Gasteiger partial charge in [0.25, 0.3) is 0 Å². The van der Waals surface area contributed by atoms with Gasteiger partial charge in [0.15, 0.2) is 5.78 Å². The van der Waals surface area contributed by atoms with Gasteiger partial charge in [0.05, 0.1) is 26.4 Å². The van der Waals surface area contributed by atoms with Crippen LogP contribution in [0.2, 0.25) is 0 Å². The second kappa shape index (κ2) is 11.5. The number of rotatable bonds is 9. The van der Waals surface area contributed by atoms with Gasteiger partial charge in [-0.3, -0.25) is 4.79 Å². The third-order valence-electron chi connectivity index (χ3n) is 2.52. The molecule has 1 aliphatic rings. The Kier molecular flexibility index (Phi) is 10.6. The van der Waals surface area contributed by atoms with Crippen LogP contribution in [0.25, 0.3) is 0 Å². The van der Waals surface area contributed by atoms with Gasteiger partial charge in [0, 0.05) is 19.6 Å². The number of carboxylic acid groups (broad SMARTS) is 2. The van der Waals surface area contributed by atoms with Crippen molar-refractivity contribution in [1.82, 2.24) is 0 Å². The number of carbonyl (C=O) groups is 3. The summed E-state index contributed by atoms with van der Waals surface area (Å²) in [5, 5.41) is 16.7. The van der Waals surface area contributed by atoms with Crippen LogP contribution in [0.15, 0.2) is 11.8 Å². The van der Waals surface area contributed by atoms with Crippen molar-refractivity contribution in [3.63, 3.8) is 0 Å². The number of ketones is 1. The molecule has 0 saturated carbocycles. The molecule has 0 aromatic heterocycles. The zero-order chi connectivity index (χ0) is 18.6. The molecule has 0 fully saturated rings. The van der Waals surface area contributed by atoms with E-state index in [9.17, 15) is 14.4 Å². The predicted octanol–water partition coefficient (Wildman–Crippen LogP) is 0.474. The molecule has 138 valence electrons. The van der Waals surface area contributed by atoms with Crippen molar-refractivity contribution in [2.45, 2.75) is 25.9 Å². The zero-order valence-corrected chi connectivity index (χ0v) is 14.1. The Bertz CT molecular complexity index is 454. The Morgan fingerprint density at radius 2 is 1.75 bits per heavy atom. The monoisotopic (exact) mass is 348 g/mol. The van der Waals surface area contributed by atoms with Crippen molar-refractivity contribution < 1.29 is 43.5 Å². The smallest absolute Gasteiger partial charge is 0.371 e. The van der Waals surface area contributed by atoms with E-state index in [1.54, 1.807) is 21.0 Å². The molecule has 0 amide bonds. The van der Waals surface area contributed by atoms with E-state index < -0.39 is 17.5 Å². The van der Waals surface area contributed by atoms with E-state index in [2.05, 4.69) is 0 Å². The quantitative estimate of drug-likeness (QED) is 0.571. The van der Waals surface area contributed by atoms with Crippen LogP contribution in [0, 0.1) is 0 Å². The average Bonchev–Trinajstić information content (AvgIpc) is 2.44. The summed E-state index contributed by atoms with van der Waals surface area (Å²) in [6, 6.07) is 0. The first kappa shape index (κ1) is 22.0. The Labute approximate surface area is 140 Å². The molecule has 9 nitrogen and oxygen atoms in total. The van der Waals surface area contributed by atoms with Gasteiger partial charge in [-0.15, -0.1) is 0 Å². The van der Waals surface area contributed by atoms with Gasteiger partial charge in [0.1, 0.15) is 12.2 Å². The molecule has 1 rings (SSSR count). The molecule has 0 aromatic rings. The van der Waals surface area contributed by atoms with Crippen LogP contribution in [0.4, 0.5) is 0 Å². The predicted molar refractivity (Wildman–Crippen MR) is 81.7 cm³/mol. The highest BCUT2D eigenvalue weighted by Crippen LogP contribution is 2.24. The van der Waals surface area contributed by atoms with Crippen molar-refractivity contribution in [1.29, 1.82) is 0 Å². The average molecular weight is 348 g/mol. The summed E-state index contributed by atoms with van der Waals surface area (Å²) in [6.45, 7) is 4.84. The van der Waals surface area contributed by atoms with Crippen LogP contribution >= 0.6 is 0 Å². The number of methoxy groups -OCH3 is 1. The number of aliphatic carboxylic acids is 2. The van der Waals surface area contributed by atoms with Gasteiger partial charge in [0.2, 0.25) is 5.76 Å². The molecule has 0 unspecified atom stereocenters. The van der Waals surface area contributed by atoms with Crippen molar-refractivity contribution in [2.24, 2.45) is 0 Å². The van der Waals surface area contributed by atoms with E-state index in [-0.39, 0.29) is 24.6 Å². The van der Waals surface area contributed by atoms with E-state index in [1.165, 1.54) is 0 Å². The van der Waals surface area contributed by atoms with Crippen molar-refractivity contribution in [3.8, 4) is 0 Å². The number of carbonyl (C=O) groups excluding carboxylic acids is 1. The molecule has 0 atom stereocenters. The lowest BCUT2D eigenvalue weighted by molar-refractivity contribution is -0.143. The van der Waals surface area contributed by atoms with Crippen molar-refractivity contribution >= 4 is 17.7 Å². The van der Waals surface area contributed by atoms with Gasteiger partial charge in [-0.05, 0) is 13.8 Å². The first-order valence-corrected chi connectivity index (χ1v) is 7.21. The molecule has 0 radical (unpaired) electrons. The summed E-state index contributed by atoms with van der Waals surface area (Å²) in [4.78, 5) is 31.4. The van der Waals surface area contributed by atoms with Crippen LogP contribution < -0.4 is 0 Å². The molecule has 1 aliphatic heterocycles. The van der Waals surface area contributed by atoms with Crippen LogP contribution in [0.3, 0.4) is 0 Å². The standard InChI is InChI=1S/C8H10O4.C7H14O5/c1-8(2)4-5(9)3-6(12-8)7(10)11;1-10-2-3-11-4-5-12-6-7(8)9/h3H,4H2,1-2H3,(H,10,11);2-6H2,1H3,(H,8,9). The number of hydrogen-bond donors (Lipinski definition) is 2. The lowest BCUT2D eigenvalue weighted by atomic mass is 9.98. The Balaban J connectivity index is 0.000000441. The molecular weight excluding hydrogens is 324 g/mol. The second-order valence-corrected chi connectivity index (χ2v) is 5.37. The summed E-state index contributed by atoms with van der Waals surface area (Å²) in [7, 11) is 1.59. The van der Waals surface area contributed by atoms with Crippen LogP contribution in [0.1, 0.15) is 20.3 Å². The first-order chi connectivity index (χ1) is 11.2. The van der Waals surface area contributed by atoms with Crippen LogP contribution in [-0.2, 0) is 33.3 Å². The van der Waals surface area contributed by atoms with E-state index >= 15 is 0 Å². The van der Waals surface area contributed by atoms with E-state index in [4.69, 9.17) is 29.2 Å². The second-order valence-electron chi connectivity index (χ2n) is 5.37. The maximum atomic E-state index is 11.0. The molecule has 0 aromatic carbocycles. The largest absolute Gasteiger partial charge is 0.480 e. The fourth-order valence-electron chi connectivity index (χ4n) is 1.61. The van der Waals surface area contributed by atoms with E-state index in [0.717, 1.165) is 6.08 Å². The highest BCUT2D eigenvalue weighted by Gasteiger charge is 2.31. The molecule has 0 aliphatic carbocycles. The SMILES string of the molecule is CC1(C)CC(=O)C=C(C(=O)O)O1.COCCOCCOCC(=O)O. The zero-order valence-electron chi connectivity index (χ0n) is 14.1. The number of allylic oxidation sites excluding steroid dienone is 1. The minimum absolute atomic E-state index is 0.205. The molecule has 0 bridgehead atoms. The number of hydrogen-bond acceptors (Lipinski definition) is 7. The normalized spacial score (nSPS) is 15.6. The van der Waals surface area contributed by atoms with Crippen molar-refractivity contribution in [3.05, 3.63) is 11.8 Å². The summed E-state index contributed by atoms with van der Waals surface area (Å²) >= 11 is 0. The number of carboxylic acids is 2. The van der Waals surface area contributed by atoms with Gasteiger partial charge < -0.3 is 29.2 Å². The Morgan fingerprint density at radius 1 is 1.17 bits per heavy atom. The molecular formula is C15H24O9. The first-order valence-electron chi connectivity index (χ1n) is 7.21. The van der Waals surface area contributed by atoms with Crippen molar-refractivity contribution in [2.75, 3.05) is 40.1 Å². The lowest BCUT2D eigenvalue weighted by Gasteiger charge is -2.28. The summed E-state index contributed by atoms with van der Waals surface area (Å²) in [5.41, 5.74) is -0.695. The van der Waals surface area contributed by atoms with Gasteiger partial charge in [-0.2, -0.15) is 0 Å². The minimum atomic E-state index is -1.20. The van der Waals surface area contributed by atoms with Gasteiger partial charge >= 0.3 is 11.9 Å².